The van der Waals surface area contributed by atoms with Crippen LogP contribution in [0.15, 0.2) is 30.2 Å². The van der Waals surface area contributed by atoms with E-state index in [1.54, 1.807) is 6.33 Å². The van der Waals surface area contributed by atoms with Gasteiger partial charge in [0.2, 0.25) is 0 Å². The number of imidazole rings is 1. The van der Waals surface area contributed by atoms with Crippen LogP contribution >= 0.6 is 11.3 Å². The number of Topliss-reactive ketones (excluding diaryl/α,β-unsaturated/α-hetero) is 1. The first-order valence-corrected chi connectivity index (χ1v) is 9.15. The number of aryl methyl sites for hydroxylation is 1. The Morgan fingerprint density at radius 2 is 2.29 bits per heavy atom. The average Bonchev–Trinajstić information content (AvgIpc) is 3.34. The minimum absolute atomic E-state index is 0.185. The molecule has 0 bridgehead atoms. The van der Waals surface area contributed by atoms with Crippen LogP contribution in [-0.4, -0.2) is 37.9 Å². The van der Waals surface area contributed by atoms with Crippen LogP contribution in [-0.2, 0) is 6.54 Å². The quantitative estimate of drug-likeness (QED) is 0.667. The molecule has 0 aromatic carbocycles. The molecule has 0 amide bonds. The van der Waals surface area contributed by atoms with E-state index in [1.807, 2.05) is 28.4 Å². The summed E-state index contributed by atoms with van der Waals surface area (Å²) in [5.74, 6) is 1.07. The van der Waals surface area contributed by atoms with Crippen molar-refractivity contribution < 1.29 is 4.79 Å². The van der Waals surface area contributed by atoms with Crippen LogP contribution in [0.5, 0.6) is 0 Å². The predicted octanol–water partition coefficient (Wildman–Crippen LogP) is 3.15. The van der Waals surface area contributed by atoms with Gasteiger partial charge in [0.15, 0.2) is 22.8 Å². The van der Waals surface area contributed by atoms with E-state index in [4.69, 9.17) is 0 Å². The molecule has 0 saturated carbocycles. The Labute approximate surface area is 144 Å². The molecule has 4 rings (SSSR count). The lowest BCUT2D eigenvalue weighted by molar-refractivity contribution is 0.0978. The Kier molecular flexibility index (Phi) is 4.02. The van der Waals surface area contributed by atoms with Crippen LogP contribution in [0.2, 0.25) is 0 Å². The molecule has 0 aliphatic carbocycles. The summed E-state index contributed by atoms with van der Waals surface area (Å²) in [5, 5.41) is 1.95. The van der Waals surface area contributed by atoms with E-state index in [2.05, 4.69) is 26.8 Å². The summed E-state index contributed by atoms with van der Waals surface area (Å²) in [6, 6.07) is 4.01. The van der Waals surface area contributed by atoms with E-state index < -0.39 is 0 Å². The Bertz CT molecular complexity index is 857. The second-order valence-corrected chi connectivity index (χ2v) is 6.94. The van der Waals surface area contributed by atoms with Crippen molar-refractivity contribution in [3.63, 3.8) is 0 Å². The van der Waals surface area contributed by atoms with Crippen LogP contribution < -0.4 is 4.90 Å². The molecular weight excluding hydrogens is 322 g/mol. The van der Waals surface area contributed by atoms with Crippen LogP contribution in [0.1, 0.15) is 35.9 Å². The number of hydrogen-bond donors (Lipinski definition) is 0. The molecule has 1 saturated heterocycles. The number of thiophene rings is 1. The third-order valence-corrected chi connectivity index (χ3v) is 5.50. The van der Waals surface area contributed by atoms with Crippen LogP contribution in [0.25, 0.3) is 11.2 Å². The van der Waals surface area contributed by atoms with Crippen LogP contribution in [0, 0.1) is 0 Å². The zero-order valence-electron chi connectivity index (χ0n) is 13.6. The van der Waals surface area contributed by atoms with Crippen molar-refractivity contribution in [3.05, 3.63) is 35.0 Å². The summed E-state index contributed by atoms with van der Waals surface area (Å²) in [6.45, 7) is 3.81. The van der Waals surface area contributed by atoms with Gasteiger partial charge in [-0.25, -0.2) is 15.0 Å². The number of carbonyl (C=O) groups is 1. The summed E-state index contributed by atoms with van der Waals surface area (Å²) < 4.78 is 2.02. The van der Waals surface area contributed by atoms with E-state index in [-0.39, 0.29) is 11.8 Å². The molecular formula is C17H19N5OS. The van der Waals surface area contributed by atoms with Crippen molar-refractivity contribution >= 4 is 34.1 Å². The van der Waals surface area contributed by atoms with Gasteiger partial charge in [0.25, 0.3) is 0 Å². The Morgan fingerprint density at radius 1 is 1.38 bits per heavy atom. The first kappa shape index (κ1) is 15.3. The van der Waals surface area contributed by atoms with Crippen molar-refractivity contribution in [3.8, 4) is 0 Å². The zero-order valence-corrected chi connectivity index (χ0v) is 14.4. The number of hydrogen-bond acceptors (Lipinski definition) is 6. The van der Waals surface area contributed by atoms with E-state index in [0.29, 0.717) is 6.42 Å². The van der Waals surface area contributed by atoms with Gasteiger partial charge < -0.3 is 9.47 Å². The topological polar surface area (TPSA) is 63.9 Å². The summed E-state index contributed by atoms with van der Waals surface area (Å²) in [6.07, 6.45) is 6.02. The van der Waals surface area contributed by atoms with Crippen molar-refractivity contribution in [1.82, 2.24) is 19.5 Å². The lowest BCUT2D eigenvalue weighted by Gasteiger charge is -2.25. The highest BCUT2D eigenvalue weighted by Crippen LogP contribution is 2.31. The molecule has 1 unspecified atom stereocenters. The lowest BCUT2D eigenvalue weighted by Crippen LogP contribution is -2.32. The maximum atomic E-state index is 12.5. The smallest absolute Gasteiger partial charge is 0.174 e. The average molecular weight is 341 g/mol. The second kappa shape index (κ2) is 6.32. The maximum Gasteiger partial charge on any atom is 0.174 e. The number of aromatic nitrogens is 4. The number of anilines is 1. The monoisotopic (exact) mass is 341 g/mol. The molecule has 3 aromatic rings. The van der Waals surface area contributed by atoms with Crippen molar-refractivity contribution in [2.45, 2.75) is 38.8 Å². The normalized spacial score (nSPS) is 17.7. The lowest BCUT2D eigenvalue weighted by atomic mass is 10.1. The summed E-state index contributed by atoms with van der Waals surface area (Å²) in [4.78, 5) is 28.9. The highest BCUT2D eigenvalue weighted by Gasteiger charge is 2.30. The molecule has 1 atom stereocenters. The minimum atomic E-state index is 0.185. The number of nitrogens with zero attached hydrogens (tertiary/aromatic N) is 5. The fraction of sp³-hybridized carbons (Fsp3) is 0.412. The van der Waals surface area contributed by atoms with Crippen molar-refractivity contribution in [2.24, 2.45) is 0 Å². The fourth-order valence-corrected chi connectivity index (χ4v) is 4.06. The molecule has 0 N–H and O–H groups in total. The van der Waals surface area contributed by atoms with Gasteiger partial charge in [0, 0.05) is 25.6 Å². The van der Waals surface area contributed by atoms with E-state index >= 15 is 0 Å². The molecule has 4 heterocycles. The molecule has 1 aliphatic heterocycles. The highest BCUT2D eigenvalue weighted by molar-refractivity contribution is 7.12. The van der Waals surface area contributed by atoms with Gasteiger partial charge in [-0.05, 0) is 31.2 Å². The Morgan fingerprint density at radius 3 is 3.08 bits per heavy atom. The first-order chi connectivity index (χ1) is 11.8. The first-order valence-electron chi connectivity index (χ1n) is 8.27. The van der Waals surface area contributed by atoms with Gasteiger partial charge in [-0.1, -0.05) is 6.07 Å². The van der Waals surface area contributed by atoms with Gasteiger partial charge >= 0.3 is 0 Å². The molecule has 0 spiro atoms. The van der Waals surface area contributed by atoms with Crippen LogP contribution in [0.3, 0.4) is 0 Å². The van der Waals surface area contributed by atoms with Gasteiger partial charge in [-0.3, -0.25) is 4.79 Å². The number of rotatable bonds is 5. The molecule has 1 fully saturated rings. The fourth-order valence-electron chi connectivity index (χ4n) is 3.39. The molecule has 7 heteroatoms. The van der Waals surface area contributed by atoms with Crippen molar-refractivity contribution in [1.29, 1.82) is 0 Å². The summed E-state index contributed by atoms with van der Waals surface area (Å²) >= 11 is 1.51. The van der Waals surface area contributed by atoms with Crippen molar-refractivity contribution in [2.75, 3.05) is 11.4 Å². The number of ketones is 1. The standard InChI is InChI=1S/C17H19N5OS/c1-2-21-11-20-15-16(21)18-10-19-17(15)22-7-3-5-12(22)9-13(23)14-6-4-8-24-14/h4,6,8,10-12H,2-3,5,7,9H2,1H3. The molecule has 24 heavy (non-hydrogen) atoms. The minimum Gasteiger partial charge on any atom is -0.351 e. The zero-order chi connectivity index (χ0) is 16.5. The van der Waals surface area contributed by atoms with Gasteiger partial charge in [-0.15, -0.1) is 11.3 Å². The maximum absolute atomic E-state index is 12.5. The highest BCUT2D eigenvalue weighted by atomic mass is 32.1. The Balaban J connectivity index is 1.63. The number of carbonyl (C=O) groups excluding carboxylic acids is 1. The second-order valence-electron chi connectivity index (χ2n) is 5.99. The third kappa shape index (κ3) is 2.58. The van der Waals surface area contributed by atoms with E-state index in [9.17, 15) is 4.79 Å². The Hall–Kier alpha value is -2.28. The number of fused-ring (bicyclic) bond motifs is 1. The van der Waals surface area contributed by atoms with Gasteiger partial charge in [0.05, 0.1) is 11.2 Å². The molecule has 124 valence electrons. The molecule has 0 radical (unpaired) electrons. The predicted molar refractivity (Wildman–Crippen MR) is 94.6 cm³/mol. The third-order valence-electron chi connectivity index (χ3n) is 4.59. The van der Waals surface area contributed by atoms with Gasteiger partial charge in [0.1, 0.15) is 6.33 Å². The SMILES string of the molecule is CCn1cnc2c(N3CCCC3CC(=O)c3cccs3)ncnc21. The van der Waals surface area contributed by atoms with E-state index in [0.717, 1.165) is 47.8 Å². The molecule has 1 aliphatic rings. The largest absolute Gasteiger partial charge is 0.351 e. The summed E-state index contributed by atoms with van der Waals surface area (Å²) in [5.41, 5.74) is 1.69. The van der Waals surface area contributed by atoms with E-state index in [1.165, 1.54) is 11.3 Å². The van der Waals surface area contributed by atoms with Crippen LogP contribution in [0.4, 0.5) is 5.82 Å². The summed E-state index contributed by atoms with van der Waals surface area (Å²) in [7, 11) is 0. The molecule has 3 aromatic heterocycles. The van der Waals surface area contributed by atoms with Gasteiger partial charge in [-0.2, -0.15) is 0 Å². The molecule has 6 nitrogen and oxygen atoms in total.